The van der Waals surface area contributed by atoms with E-state index in [2.05, 4.69) is 38.8 Å². The van der Waals surface area contributed by atoms with E-state index in [1.165, 1.54) is 16.9 Å². The van der Waals surface area contributed by atoms with Gasteiger partial charge in [-0.05, 0) is 25.5 Å². The summed E-state index contributed by atoms with van der Waals surface area (Å²) in [6, 6.07) is 7.87. The number of hydrogen-bond donors (Lipinski definition) is 2. The van der Waals surface area contributed by atoms with Crippen LogP contribution in [-0.4, -0.2) is 20.9 Å². The van der Waals surface area contributed by atoms with Crippen molar-refractivity contribution >= 4 is 23.2 Å². The molecule has 116 valence electrons. The van der Waals surface area contributed by atoms with E-state index in [1.807, 2.05) is 19.1 Å². The van der Waals surface area contributed by atoms with E-state index in [1.54, 1.807) is 23.8 Å². The Kier molecular flexibility index (Phi) is 4.29. The van der Waals surface area contributed by atoms with Gasteiger partial charge in [-0.1, -0.05) is 23.8 Å². The van der Waals surface area contributed by atoms with Crippen LogP contribution in [0.2, 0.25) is 0 Å². The molecule has 0 atom stereocenters. The second-order valence-electron chi connectivity index (χ2n) is 5.01. The quantitative estimate of drug-likeness (QED) is 0.721. The van der Waals surface area contributed by atoms with Gasteiger partial charge in [-0.15, -0.1) is 11.3 Å². The van der Waals surface area contributed by atoms with Gasteiger partial charge < -0.3 is 0 Å². The number of rotatable bonds is 4. The van der Waals surface area contributed by atoms with Crippen LogP contribution in [0.1, 0.15) is 21.6 Å². The summed E-state index contributed by atoms with van der Waals surface area (Å²) in [6.07, 6.45) is 3.17. The molecule has 2 aromatic heterocycles. The Morgan fingerprint density at radius 3 is 2.70 bits per heavy atom. The van der Waals surface area contributed by atoms with Crippen LogP contribution in [0.4, 0.5) is 5.95 Å². The van der Waals surface area contributed by atoms with Gasteiger partial charge in [-0.3, -0.25) is 15.6 Å². The van der Waals surface area contributed by atoms with Crippen molar-refractivity contribution in [3.8, 4) is 10.6 Å². The number of aromatic nitrogens is 3. The highest BCUT2D eigenvalue weighted by atomic mass is 32.1. The lowest BCUT2D eigenvalue weighted by atomic mass is 10.1. The first-order valence-corrected chi connectivity index (χ1v) is 7.88. The van der Waals surface area contributed by atoms with Crippen LogP contribution >= 0.6 is 11.3 Å². The molecule has 0 radical (unpaired) electrons. The molecule has 0 unspecified atom stereocenters. The van der Waals surface area contributed by atoms with Gasteiger partial charge in [0.1, 0.15) is 10.7 Å². The van der Waals surface area contributed by atoms with E-state index < -0.39 is 0 Å². The molecule has 0 aliphatic rings. The van der Waals surface area contributed by atoms with E-state index in [9.17, 15) is 4.79 Å². The maximum absolute atomic E-state index is 12.1. The van der Waals surface area contributed by atoms with Crippen molar-refractivity contribution < 1.29 is 4.79 Å². The summed E-state index contributed by atoms with van der Waals surface area (Å²) >= 11 is 1.44. The first kappa shape index (κ1) is 15.1. The van der Waals surface area contributed by atoms with Crippen LogP contribution in [-0.2, 0) is 0 Å². The number of nitrogens with zero attached hydrogens (tertiary/aromatic N) is 3. The number of thiazole rings is 1. The molecular weight excluding hydrogens is 310 g/mol. The number of carbonyl (C=O) groups excluding carboxylic acids is 1. The fraction of sp³-hybridized carbons (Fsp3) is 0.125. The van der Waals surface area contributed by atoms with Crippen molar-refractivity contribution in [2.75, 3.05) is 5.43 Å². The number of aryl methyl sites for hydroxylation is 2. The smallest absolute Gasteiger partial charge is 0.266 e. The molecular formula is C16H15N5OS. The molecule has 6 nitrogen and oxygen atoms in total. The lowest BCUT2D eigenvalue weighted by molar-refractivity contribution is 0.0958. The van der Waals surface area contributed by atoms with Gasteiger partial charge in [-0.2, -0.15) is 0 Å². The summed E-state index contributed by atoms with van der Waals surface area (Å²) in [5, 5.41) is 2.56. The van der Waals surface area contributed by atoms with Gasteiger partial charge in [0, 0.05) is 23.3 Å². The van der Waals surface area contributed by atoms with E-state index in [4.69, 9.17) is 0 Å². The highest BCUT2D eigenvalue weighted by Gasteiger charge is 2.13. The van der Waals surface area contributed by atoms with Gasteiger partial charge in [0.25, 0.3) is 5.91 Å². The van der Waals surface area contributed by atoms with Gasteiger partial charge in [-0.25, -0.2) is 15.0 Å². The molecule has 0 bridgehead atoms. The van der Waals surface area contributed by atoms with Crippen molar-refractivity contribution in [2.24, 2.45) is 0 Å². The molecule has 0 spiro atoms. The molecule has 0 saturated carbocycles. The Labute approximate surface area is 137 Å². The highest BCUT2D eigenvalue weighted by molar-refractivity contribution is 7.13. The van der Waals surface area contributed by atoms with Crippen LogP contribution < -0.4 is 10.9 Å². The number of hydrazine groups is 1. The Hall–Kier alpha value is -2.80. The normalized spacial score (nSPS) is 10.3. The molecule has 0 aliphatic carbocycles. The summed E-state index contributed by atoms with van der Waals surface area (Å²) in [5.41, 5.74) is 8.93. The standard InChI is InChI=1S/C16H15N5OS/c1-10-4-5-12(11(2)8-10)15-19-13(9-23-15)14(22)20-21-16-17-6-3-7-18-16/h3-9H,1-2H3,(H,20,22)(H,17,18,21). The third-order valence-electron chi connectivity index (χ3n) is 3.20. The number of hydrogen-bond acceptors (Lipinski definition) is 6. The fourth-order valence-corrected chi connectivity index (χ4v) is 2.99. The molecule has 0 fully saturated rings. The fourth-order valence-electron chi connectivity index (χ4n) is 2.10. The zero-order valence-electron chi connectivity index (χ0n) is 12.7. The number of nitrogens with one attached hydrogen (secondary N) is 2. The van der Waals surface area contributed by atoms with Crippen LogP contribution in [0, 0.1) is 13.8 Å². The second kappa shape index (κ2) is 6.53. The van der Waals surface area contributed by atoms with Crippen LogP contribution in [0.3, 0.4) is 0 Å². The Bertz CT molecular complexity index is 831. The Balaban J connectivity index is 1.72. The second-order valence-corrected chi connectivity index (χ2v) is 5.87. The third-order valence-corrected chi connectivity index (χ3v) is 4.08. The summed E-state index contributed by atoms with van der Waals surface area (Å²) in [6.45, 7) is 4.09. The number of benzene rings is 1. The maximum atomic E-state index is 12.1. The SMILES string of the molecule is Cc1ccc(-c2nc(C(=O)NNc3ncccn3)cs2)c(C)c1. The number of anilines is 1. The van der Waals surface area contributed by atoms with Crippen LogP contribution in [0.5, 0.6) is 0 Å². The predicted molar refractivity (Wildman–Crippen MR) is 90.1 cm³/mol. The molecule has 1 amide bonds. The Morgan fingerprint density at radius 2 is 1.96 bits per heavy atom. The minimum Gasteiger partial charge on any atom is -0.266 e. The van der Waals surface area contributed by atoms with E-state index in [-0.39, 0.29) is 5.91 Å². The molecule has 0 aliphatic heterocycles. The molecule has 1 aromatic carbocycles. The van der Waals surface area contributed by atoms with E-state index in [0.29, 0.717) is 11.6 Å². The largest absolute Gasteiger partial charge is 0.289 e. The molecule has 23 heavy (non-hydrogen) atoms. The maximum Gasteiger partial charge on any atom is 0.289 e. The lowest BCUT2D eigenvalue weighted by Gasteiger charge is -2.05. The summed E-state index contributed by atoms with van der Waals surface area (Å²) < 4.78 is 0. The minimum atomic E-state index is -0.329. The van der Waals surface area contributed by atoms with Crippen LogP contribution in [0.15, 0.2) is 42.0 Å². The summed E-state index contributed by atoms with van der Waals surface area (Å²) in [5.74, 6) is -0.00426. The van der Waals surface area contributed by atoms with Gasteiger partial charge >= 0.3 is 0 Å². The van der Waals surface area contributed by atoms with Crippen molar-refractivity contribution in [1.82, 2.24) is 20.4 Å². The summed E-state index contributed by atoms with van der Waals surface area (Å²) in [4.78, 5) is 24.5. The molecule has 3 rings (SSSR count). The van der Waals surface area contributed by atoms with Crippen molar-refractivity contribution in [3.05, 3.63) is 58.9 Å². The zero-order chi connectivity index (χ0) is 16.2. The average molecular weight is 325 g/mol. The predicted octanol–water partition coefficient (Wildman–Crippen LogP) is 2.97. The molecule has 7 heteroatoms. The highest BCUT2D eigenvalue weighted by Crippen LogP contribution is 2.27. The van der Waals surface area contributed by atoms with Crippen LogP contribution in [0.25, 0.3) is 10.6 Å². The van der Waals surface area contributed by atoms with Gasteiger partial charge in [0.15, 0.2) is 0 Å². The first-order valence-electron chi connectivity index (χ1n) is 7.00. The average Bonchev–Trinajstić information content (AvgIpc) is 3.03. The van der Waals surface area contributed by atoms with E-state index >= 15 is 0 Å². The first-order chi connectivity index (χ1) is 11.1. The van der Waals surface area contributed by atoms with Crippen molar-refractivity contribution in [1.29, 1.82) is 0 Å². The monoisotopic (exact) mass is 325 g/mol. The van der Waals surface area contributed by atoms with Crippen molar-refractivity contribution in [3.63, 3.8) is 0 Å². The summed E-state index contributed by atoms with van der Waals surface area (Å²) in [7, 11) is 0. The molecule has 0 saturated heterocycles. The Morgan fingerprint density at radius 1 is 1.17 bits per heavy atom. The molecule has 2 heterocycles. The molecule has 2 N–H and O–H groups in total. The number of carbonyl (C=O) groups is 1. The van der Waals surface area contributed by atoms with E-state index in [0.717, 1.165) is 16.1 Å². The van der Waals surface area contributed by atoms with Crippen molar-refractivity contribution in [2.45, 2.75) is 13.8 Å². The number of amides is 1. The zero-order valence-corrected chi connectivity index (χ0v) is 13.5. The molecule has 3 aromatic rings. The van der Waals surface area contributed by atoms with Gasteiger partial charge in [0.05, 0.1) is 0 Å². The van der Waals surface area contributed by atoms with Gasteiger partial charge in [0.2, 0.25) is 5.95 Å². The third kappa shape index (κ3) is 3.51. The lowest BCUT2D eigenvalue weighted by Crippen LogP contribution is -2.30. The topological polar surface area (TPSA) is 79.8 Å². The minimum absolute atomic E-state index is 0.325.